The summed E-state index contributed by atoms with van der Waals surface area (Å²) < 4.78 is 26.1. The number of likely N-dealkylation sites (N-methyl/N-ethyl adjacent to an activating group) is 1. The molecule has 1 atom stereocenters. The second-order valence-corrected chi connectivity index (χ2v) is 9.10. The van der Waals surface area contributed by atoms with Crippen LogP contribution in [0.15, 0.2) is 18.2 Å². The Morgan fingerprint density at radius 1 is 1.12 bits per heavy atom. The van der Waals surface area contributed by atoms with Crippen molar-refractivity contribution in [1.82, 2.24) is 4.90 Å². The quantitative estimate of drug-likeness (QED) is 0.804. The number of benzene rings is 1. The van der Waals surface area contributed by atoms with Crippen molar-refractivity contribution in [3.63, 3.8) is 0 Å². The van der Waals surface area contributed by atoms with Gasteiger partial charge in [0.25, 0.3) is 0 Å². The predicted molar refractivity (Wildman–Crippen MR) is 102 cm³/mol. The Morgan fingerprint density at radius 3 is 2.24 bits per heavy atom. The van der Waals surface area contributed by atoms with Gasteiger partial charge in [0.1, 0.15) is 6.04 Å². The Balaban J connectivity index is 2.30. The molecule has 0 saturated heterocycles. The maximum absolute atomic E-state index is 13.0. The molecule has 1 aliphatic rings. The molecule has 0 aliphatic heterocycles. The number of carbonyl (C=O) groups is 1. The lowest BCUT2D eigenvalue weighted by Crippen LogP contribution is -2.51. The van der Waals surface area contributed by atoms with E-state index in [1.165, 1.54) is 10.7 Å². The first-order valence-corrected chi connectivity index (χ1v) is 10.8. The fourth-order valence-corrected chi connectivity index (χ4v) is 4.77. The predicted octanol–water partition coefficient (Wildman–Crippen LogP) is 3.25. The highest BCUT2D eigenvalue weighted by Crippen LogP contribution is 2.26. The highest BCUT2D eigenvalue weighted by atomic mass is 32.2. The van der Waals surface area contributed by atoms with E-state index in [-0.39, 0.29) is 11.9 Å². The summed E-state index contributed by atoms with van der Waals surface area (Å²) in [7, 11) is -1.77. The van der Waals surface area contributed by atoms with Crippen molar-refractivity contribution in [2.45, 2.75) is 65.0 Å². The molecule has 0 bridgehead atoms. The zero-order valence-electron chi connectivity index (χ0n) is 15.9. The molecule has 1 saturated carbocycles. The molecule has 1 amide bonds. The number of aryl methyl sites for hydroxylation is 2. The van der Waals surface area contributed by atoms with E-state index < -0.39 is 16.1 Å². The molecule has 2 rings (SSSR count). The van der Waals surface area contributed by atoms with Crippen molar-refractivity contribution in [1.29, 1.82) is 0 Å². The van der Waals surface area contributed by atoms with Gasteiger partial charge < -0.3 is 4.90 Å². The van der Waals surface area contributed by atoms with Crippen LogP contribution in [0.1, 0.15) is 50.2 Å². The van der Waals surface area contributed by atoms with Crippen LogP contribution in [0.3, 0.4) is 0 Å². The first-order chi connectivity index (χ1) is 11.6. The van der Waals surface area contributed by atoms with Gasteiger partial charge in [-0.2, -0.15) is 0 Å². The maximum atomic E-state index is 13.0. The van der Waals surface area contributed by atoms with Crippen LogP contribution in [0.5, 0.6) is 0 Å². The first kappa shape index (κ1) is 19.8. The largest absolute Gasteiger partial charge is 0.341 e. The van der Waals surface area contributed by atoms with Gasteiger partial charge in [0.2, 0.25) is 15.9 Å². The summed E-state index contributed by atoms with van der Waals surface area (Å²) in [5, 5.41) is 0. The molecule has 0 N–H and O–H groups in total. The van der Waals surface area contributed by atoms with E-state index in [0.29, 0.717) is 5.69 Å². The van der Waals surface area contributed by atoms with Crippen LogP contribution in [0.25, 0.3) is 0 Å². The van der Waals surface area contributed by atoms with Crippen molar-refractivity contribution in [3.05, 3.63) is 29.3 Å². The summed E-state index contributed by atoms with van der Waals surface area (Å²) in [6.45, 7) is 5.60. The number of hydrogen-bond donors (Lipinski definition) is 0. The van der Waals surface area contributed by atoms with Crippen LogP contribution >= 0.6 is 0 Å². The molecule has 0 aromatic heterocycles. The number of amides is 1. The van der Waals surface area contributed by atoms with E-state index >= 15 is 0 Å². The first-order valence-electron chi connectivity index (χ1n) is 8.96. The molecule has 0 spiro atoms. The Hall–Kier alpha value is -1.56. The number of nitrogens with zero attached hydrogens (tertiary/aromatic N) is 2. The molecule has 1 aromatic carbocycles. The molecule has 140 valence electrons. The Labute approximate surface area is 152 Å². The standard InChI is InChI=1S/C19H30N2O3S/c1-14-11-12-18(13-15(14)2)21(25(5,23)24)16(3)19(22)20(4)17-9-7-6-8-10-17/h11-13,16-17H,6-10H2,1-5H3/t16-/m0/s1. The molecule has 0 unspecified atom stereocenters. The molecule has 6 heteroatoms. The summed E-state index contributed by atoms with van der Waals surface area (Å²) in [5.74, 6) is -0.143. The summed E-state index contributed by atoms with van der Waals surface area (Å²) in [5.41, 5.74) is 2.64. The monoisotopic (exact) mass is 366 g/mol. The van der Waals surface area contributed by atoms with E-state index in [0.717, 1.165) is 43.1 Å². The average Bonchev–Trinajstić information content (AvgIpc) is 2.56. The van der Waals surface area contributed by atoms with E-state index in [9.17, 15) is 13.2 Å². The zero-order chi connectivity index (χ0) is 18.8. The van der Waals surface area contributed by atoms with Crippen LogP contribution < -0.4 is 4.31 Å². The van der Waals surface area contributed by atoms with Gasteiger partial charge in [0, 0.05) is 13.1 Å². The number of carbonyl (C=O) groups excluding carboxylic acids is 1. The topological polar surface area (TPSA) is 57.7 Å². The average molecular weight is 367 g/mol. The molecular weight excluding hydrogens is 336 g/mol. The minimum atomic E-state index is -3.57. The lowest BCUT2D eigenvalue weighted by molar-refractivity contribution is -0.133. The molecule has 5 nitrogen and oxygen atoms in total. The van der Waals surface area contributed by atoms with Crippen molar-refractivity contribution in [2.24, 2.45) is 0 Å². The molecule has 1 aromatic rings. The van der Waals surface area contributed by atoms with E-state index in [1.54, 1.807) is 24.9 Å². The third kappa shape index (κ3) is 4.54. The Morgan fingerprint density at radius 2 is 1.72 bits per heavy atom. The number of sulfonamides is 1. The van der Waals surface area contributed by atoms with Crippen LogP contribution in [-0.2, 0) is 14.8 Å². The van der Waals surface area contributed by atoms with Crippen LogP contribution in [0.4, 0.5) is 5.69 Å². The zero-order valence-corrected chi connectivity index (χ0v) is 16.8. The second kappa shape index (κ2) is 7.77. The number of hydrogen-bond acceptors (Lipinski definition) is 3. The van der Waals surface area contributed by atoms with Crippen LogP contribution in [-0.4, -0.2) is 44.6 Å². The van der Waals surface area contributed by atoms with Gasteiger partial charge in [0.05, 0.1) is 11.9 Å². The smallest absolute Gasteiger partial charge is 0.246 e. The van der Waals surface area contributed by atoms with E-state index in [1.807, 2.05) is 26.0 Å². The van der Waals surface area contributed by atoms with Gasteiger partial charge in [-0.05, 0) is 56.9 Å². The summed E-state index contributed by atoms with van der Waals surface area (Å²) in [6.07, 6.45) is 6.63. The number of rotatable bonds is 5. The van der Waals surface area contributed by atoms with E-state index in [2.05, 4.69) is 0 Å². The lowest BCUT2D eigenvalue weighted by Gasteiger charge is -2.36. The minimum Gasteiger partial charge on any atom is -0.341 e. The van der Waals surface area contributed by atoms with Crippen LogP contribution in [0.2, 0.25) is 0 Å². The molecular formula is C19H30N2O3S. The molecule has 1 fully saturated rings. The Kier molecular flexibility index (Phi) is 6.14. The molecule has 0 heterocycles. The fraction of sp³-hybridized carbons (Fsp3) is 0.632. The molecule has 1 aliphatic carbocycles. The highest BCUT2D eigenvalue weighted by molar-refractivity contribution is 7.92. The minimum absolute atomic E-state index is 0.143. The summed E-state index contributed by atoms with van der Waals surface area (Å²) >= 11 is 0. The van der Waals surface area contributed by atoms with Gasteiger partial charge in [-0.15, -0.1) is 0 Å². The van der Waals surface area contributed by atoms with Crippen molar-refractivity contribution in [3.8, 4) is 0 Å². The van der Waals surface area contributed by atoms with Gasteiger partial charge >= 0.3 is 0 Å². The van der Waals surface area contributed by atoms with Crippen molar-refractivity contribution in [2.75, 3.05) is 17.6 Å². The van der Waals surface area contributed by atoms with Gasteiger partial charge in [0.15, 0.2) is 0 Å². The molecule has 25 heavy (non-hydrogen) atoms. The summed E-state index contributed by atoms with van der Waals surface area (Å²) in [4.78, 5) is 14.7. The second-order valence-electron chi connectivity index (χ2n) is 7.24. The van der Waals surface area contributed by atoms with Gasteiger partial charge in [-0.3, -0.25) is 9.10 Å². The van der Waals surface area contributed by atoms with Crippen molar-refractivity contribution < 1.29 is 13.2 Å². The van der Waals surface area contributed by atoms with Gasteiger partial charge in [-0.1, -0.05) is 25.3 Å². The third-order valence-corrected chi connectivity index (χ3v) is 6.52. The number of anilines is 1. The molecule has 0 radical (unpaired) electrons. The normalized spacial score (nSPS) is 17.2. The Bertz CT molecular complexity index is 724. The van der Waals surface area contributed by atoms with Crippen molar-refractivity contribution >= 4 is 21.6 Å². The third-order valence-electron chi connectivity index (χ3n) is 5.28. The lowest BCUT2D eigenvalue weighted by atomic mass is 9.94. The van der Waals surface area contributed by atoms with Crippen LogP contribution in [0, 0.1) is 13.8 Å². The highest BCUT2D eigenvalue weighted by Gasteiger charge is 2.33. The maximum Gasteiger partial charge on any atom is 0.246 e. The SMILES string of the molecule is Cc1ccc(N([C@@H](C)C(=O)N(C)C2CCCCC2)S(C)(=O)=O)cc1C. The van der Waals surface area contributed by atoms with Gasteiger partial charge in [-0.25, -0.2) is 8.42 Å². The van der Waals surface area contributed by atoms with E-state index in [4.69, 9.17) is 0 Å². The fourth-order valence-electron chi connectivity index (χ4n) is 3.61. The summed E-state index contributed by atoms with van der Waals surface area (Å²) in [6, 6.07) is 4.95.